The third-order valence-electron chi connectivity index (χ3n) is 3.95. The van der Waals surface area contributed by atoms with Gasteiger partial charge in [0.25, 0.3) is 0 Å². The fraction of sp³-hybridized carbons (Fsp3) is 0.538. The maximum absolute atomic E-state index is 12.7. The summed E-state index contributed by atoms with van der Waals surface area (Å²) in [5.74, 6) is 0.583. The summed E-state index contributed by atoms with van der Waals surface area (Å²) < 4.78 is 38.1. The second-order valence-electron chi connectivity index (χ2n) is 5.02. The normalized spacial score (nSPS) is 27.6. The molecule has 18 heavy (non-hydrogen) atoms. The molecule has 0 aliphatic carbocycles. The number of halogens is 3. The Morgan fingerprint density at radius 3 is 2.83 bits per heavy atom. The predicted molar refractivity (Wildman–Crippen MR) is 63.6 cm³/mol. The van der Waals surface area contributed by atoms with Gasteiger partial charge in [-0.15, -0.1) is 0 Å². The molecule has 3 rings (SSSR count). The summed E-state index contributed by atoms with van der Waals surface area (Å²) >= 11 is 0. The quantitative estimate of drug-likeness (QED) is 0.830. The number of alkyl halides is 3. The van der Waals surface area contributed by atoms with Crippen molar-refractivity contribution in [3.8, 4) is 0 Å². The summed E-state index contributed by atoms with van der Waals surface area (Å²) in [7, 11) is 0. The molecule has 0 radical (unpaired) electrons. The Bertz CT molecular complexity index is 444. The molecule has 0 bridgehead atoms. The van der Waals surface area contributed by atoms with Crippen LogP contribution < -0.4 is 10.2 Å². The molecule has 1 aromatic rings. The first kappa shape index (κ1) is 11.8. The van der Waals surface area contributed by atoms with Crippen LogP contribution in [0.5, 0.6) is 0 Å². The topological polar surface area (TPSA) is 15.3 Å². The van der Waals surface area contributed by atoms with Crippen molar-refractivity contribution < 1.29 is 13.2 Å². The maximum atomic E-state index is 12.7. The Kier molecular flexibility index (Phi) is 2.73. The molecule has 2 saturated heterocycles. The molecule has 2 heterocycles. The van der Waals surface area contributed by atoms with Crippen LogP contribution in [0, 0.1) is 5.92 Å². The van der Waals surface area contributed by atoms with Gasteiger partial charge in [0.15, 0.2) is 0 Å². The second-order valence-corrected chi connectivity index (χ2v) is 5.02. The Labute approximate surface area is 104 Å². The van der Waals surface area contributed by atoms with Crippen molar-refractivity contribution in [1.82, 2.24) is 5.32 Å². The number of hydrogen-bond acceptors (Lipinski definition) is 2. The van der Waals surface area contributed by atoms with Crippen molar-refractivity contribution in [2.24, 2.45) is 5.92 Å². The van der Waals surface area contributed by atoms with E-state index in [0.717, 1.165) is 32.1 Å². The lowest BCUT2D eigenvalue weighted by molar-refractivity contribution is -0.137. The van der Waals surface area contributed by atoms with Crippen LogP contribution in [0.25, 0.3) is 0 Å². The van der Waals surface area contributed by atoms with Gasteiger partial charge in [-0.25, -0.2) is 0 Å². The van der Waals surface area contributed by atoms with Gasteiger partial charge < -0.3 is 10.2 Å². The van der Waals surface area contributed by atoms with Crippen LogP contribution in [0.15, 0.2) is 24.3 Å². The van der Waals surface area contributed by atoms with E-state index in [9.17, 15) is 13.2 Å². The molecule has 2 aliphatic heterocycles. The number of nitrogens with one attached hydrogen (secondary N) is 1. The zero-order chi connectivity index (χ0) is 12.8. The van der Waals surface area contributed by atoms with E-state index in [1.54, 1.807) is 6.07 Å². The molecule has 0 spiro atoms. The molecule has 0 aromatic heterocycles. The van der Waals surface area contributed by atoms with E-state index in [1.165, 1.54) is 12.1 Å². The Balaban J connectivity index is 1.88. The highest BCUT2D eigenvalue weighted by Crippen LogP contribution is 2.35. The van der Waals surface area contributed by atoms with Gasteiger partial charge >= 0.3 is 6.18 Å². The minimum atomic E-state index is -4.26. The van der Waals surface area contributed by atoms with Crippen molar-refractivity contribution in [2.75, 3.05) is 24.5 Å². The fourth-order valence-electron chi connectivity index (χ4n) is 3.03. The number of rotatable bonds is 1. The van der Waals surface area contributed by atoms with Crippen LogP contribution in [-0.2, 0) is 6.18 Å². The smallest absolute Gasteiger partial charge is 0.367 e. The van der Waals surface area contributed by atoms with E-state index in [-0.39, 0.29) is 0 Å². The minimum absolute atomic E-state index is 0.355. The highest BCUT2D eigenvalue weighted by Gasteiger charge is 2.38. The molecule has 0 unspecified atom stereocenters. The van der Waals surface area contributed by atoms with Gasteiger partial charge in [-0.3, -0.25) is 0 Å². The first-order chi connectivity index (χ1) is 8.55. The highest BCUT2D eigenvalue weighted by molar-refractivity contribution is 5.51. The van der Waals surface area contributed by atoms with Gasteiger partial charge in [0, 0.05) is 31.4 Å². The predicted octanol–water partition coefficient (Wildman–Crippen LogP) is 2.50. The molecule has 2 atom stereocenters. The molecule has 2 aliphatic rings. The molecule has 5 heteroatoms. The van der Waals surface area contributed by atoms with Crippen LogP contribution in [0.2, 0.25) is 0 Å². The standard InChI is InChI=1S/C13H15F3N2/c14-13(15,16)10-2-1-3-11(6-10)18-5-4-9-7-17-8-12(9)18/h1-3,6,9,12,17H,4-5,7-8H2/t9-,12+/m0/s1. The third-order valence-corrected chi connectivity index (χ3v) is 3.95. The Morgan fingerprint density at radius 2 is 2.06 bits per heavy atom. The lowest BCUT2D eigenvalue weighted by Gasteiger charge is -2.26. The van der Waals surface area contributed by atoms with Crippen molar-refractivity contribution in [3.63, 3.8) is 0 Å². The van der Waals surface area contributed by atoms with Gasteiger partial charge in [0.1, 0.15) is 0 Å². The Morgan fingerprint density at radius 1 is 1.22 bits per heavy atom. The molecule has 0 amide bonds. The van der Waals surface area contributed by atoms with Gasteiger partial charge in [-0.2, -0.15) is 13.2 Å². The first-order valence-electron chi connectivity index (χ1n) is 6.20. The summed E-state index contributed by atoms with van der Waals surface area (Å²) in [6.45, 7) is 2.72. The zero-order valence-corrected chi connectivity index (χ0v) is 9.87. The average molecular weight is 256 g/mol. The largest absolute Gasteiger partial charge is 0.416 e. The van der Waals surface area contributed by atoms with Gasteiger partial charge in [0.05, 0.1) is 5.56 Å². The number of nitrogens with zero attached hydrogens (tertiary/aromatic N) is 1. The Hall–Kier alpha value is -1.23. The number of anilines is 1. The number of hydrogen-bond donors (Lipinski definition) is 1. The molecular weight excluding hydrogens is 241 g/mol. The van der Waals surface area contributed by atoms with E-state index in [2.05, 4.69) is 10.2 Å². The van der Waals surface area contributed by atoms with Crippen LogP contribution in [-0.4, -0.2) is 25.7 Å². The number of fused-ring (bicyclic) bond motifs is 1. The summed E-state index contributed by atoms with van der Waals surface area (Å²) in [6, 6.07) is 6.02. The van der Waals surface area contributed by atoms with E-state index in [4.69, 9.17) is 0 Å². The average Bonchev–Trinajstić information content (AvgIpc) is 2.89. The van der Waals surface area contributed by atoms with Crippen LogP contribution in [0.4, 0.5) is 18.9 Å². The molecule has 2 fully saturated rings. The molecular formula is C13H15F3N2. The third kappa shape index (κ3) is 1.96. The molecule has 1 aromatic carbocycles. The van der Waals surface area contributed by atoms with E-state index in [0.29, 0.717) is 17.6 Å². The van der Waals surface area contributed by atoms with Crippen LogP contribution in [0.1, 0.15) is 12.0 Å². The SMILES string of the molecule is FC(F)(F)c1cccc(N2CC[C@H]3CNC[C@H]32)c1. The zero-order valence-electron chi connectivity index (χ0n) is 9.87. The molecule has 0 saturated carbocycles. The monoisotopic (exact) mass is 256 g/mol. The molecule has 2 nitrogen and oxygen atoms in total. The lowest BCUT2D eigenvalue weighted by atomic mass is 10.0. The summed E-state index contributed by atoms with van der Waals surface area (Å²) in [5.41, 5.74) is 0.135. The summed E-state index contributed by atoms with van der Waals surface area (Å²) in [5, 5.41) is 3.30. The molecule has 1 N–H and O–H groups in total. The summed E-state index contributed by atoms with van der Waals surface area (Å²) in [6.07, 6.45) is -3.20. The van der Waals surface area contributed by atoms with Gasteiger partial charge in [-0.05, 0) is 30.5 Å². The van der Waals surface area contributed by atoms with Crippen LogP contribution in [0.3, 0.4) is 0 Å². The molecule has 98 valence electrons. The minimum Gasteiger partial charge on any atom is -0.367 e. The van der Waals surface area contributed by atoms with Crippen molar-refractivity contribution in [2.45, 2.75) is 18.6 Å². The number of benzene rings is 1. The van der Waals surface area contributed by atoms with Gasteiger partial charge in [-0.1, -0.05) is 6.07 Å². The fourth-order valence-corrected chi connectivity index (χ4v) is 3.03. The van der Waals surface area contributed by atoms with E-state index < -0.39 is 11.7 Å². The van der Waals surface area contributed by atoms with E-state index >= 15 is 0 Å². The summed E-state index contributed by atoms with van der Waals surface area (Å²) in [4.78, 5) is 2.11. The van der Waals surface area contributed by atoms with Crippen molar-refractivity contribution in [1.29, 1.82) is 0 Å². The van der Waals surface area contributed by atoms with E-state index in [1.807, 2.05) is 0 Å². The maximum Gasteiger partial charge on any atom is 0.416 e. The first-order valence-corrected chi connectivity index (χ1v) is 6.20. The van der Waals surface area contributed by atoms with Crippen molar-refractivity contribution >= 4 is 5.69 Å². The van der Waals surface area contributed by atoms with Crippen LogP contribution >= 0.6 is 0 Å². The highest BCUT2D eigenvalue weighted by atomic mass is 19.4. The lowest BCUT2D eigenvalue weighted by Crippen LogP contribution is -2.34. The van der Waals surface area contributed by atoms with Crippen molar-refractivity contribution in [3.05, 3.63) is 29.8 Å². The second kappa shape index (κ2) is 4.16. The van der Waals surface area contributed by atoms with Gasteiger partial charge in [0.2, 0.25) is 0 Å².